The van der Waals surface area contributed by atoms with Gasteiger partial charge in [0, 0.05) is 32.8 Å². The van der Waals surface area contributed by atoms with Gasteiger partial charge in [0.1, 0.15) is 22.7 Å². The van der Waals surface area contributed by atoms with Gasteiger partial charge in [0.15, 0.2) is 0 Å². The van der Waals surface area contributed by atoms with E-state index in [-0.39, 0.29) is 6.71 Å². The summed E-state index contributed by atoms with van der Waals surface area (Å²) < 4.78 is 15.9. The lowest BCUT2D eigenvalue weighted by Gasteiger charge is -2.30. The lowest BCUT2D eigenvalue weighted by atomic mass is 9.34. The zero-order valence-electron chi connectivity index (χ0n) is 31.5. The van der Waals surface area contributed by atoms with E-state index < -0.39 is 0 Å². The number of furan rings is 1. The van der Waals surface area contributed by atoms with E-state index in [2.05, 4.69) is 211 Å². The van der Waals surface area contributed by atoms with Crippen LogP contribution in [0.15, 0.2) is 211 Å². The third-order valence-corrected chi connectivity index (χ3v) is 12.0. The minimum absolute atomic E-state index is 0.102. The third-order valence-electron chi connectivity index (χ3n) is 12.0. The Bertz CT molecular complexity index is 3280. The minimum atomic E-state index is -0.102. The molecule has 0 saturated carbocycles. The van der Waals surface area contributed by atoms with Crippen LogP contribution in [-0.2, 0) is 0 Å². The number of hydrogen-bond acceptors (Lipinski definition) is 2. The molecule has 0 atom stereocenters. The zero-order valence-corrected chi connectivity index (χ0v) is 31.5. The largest absolute Gasteiger partial charge is 0.458 e. The molecular formula is C54H34BNO2. The van der Waals surface area contributed by atoms with E-state index in [0.717, 1.165) is 66.7 Å². The van der Waals surface area contributed by atoms with Crippen LogP contribution in [0.1, 0.15) is 0 Å². The first-order valence-corrected chi connectivity index (χ1v) is 19.9. The highest BCUT2D eigenvalue weighted by Crippen LogP contribution is 2.43. The maximum absolute atomic E-state index is 6.96. The second-order valence-corrected chi connectivity index (χ2v) is 15.1. The summed E-state index contributed by atoms with van der Waals surface area (Å²) in [7, 11) is 0. The number of aromatic nitrogens is 1. The van der Waals surface area contributed by atoms with Crippen molar-refractivity contribution in [1.82, 2.24) is 4.57 Å². The van der Waals surface area contributed by atoms with Gasteiger partial charge in [-0.2, -0.15) is 0 Å². The number of rotatable bonds is 5. The summed E-state index contributed by atoms with van der Waals surface area (Å²) in [5, 5.41) is 4.67. The number of nitrogens with zero attached hydrogens (tertiary/aromatic N) is 1. The van der Waals surface area contributed by atoms with Crippen LogP contribution >= 0.6 is 0 Å². The lowest BCUT2D eigenvalue weighted by Crippen LogP contribution is -2.56. The topological polar surface area (TPSA) is 27.3 Å². The first-order valence-electron chi connectivity index (χ1n) is 19.9. The molecule has 0 spiro atoms. The molecule has 3 heterocycles. The highest BCUT2D eigenvalue weighted by atomic mass is 16.5. The van der Waals surface area contributed by atoms with Crippen LogP contribution in [0.5, 0.6) is 11.5 Å². The number of para-hydroxylation sites is 5. The van der Waals surface area contributed by atoms with Crippen LogP contribution < -0.4 is 21.1 Å². The van der Waals surface area contributed by atoms with Crippen molar-refractivity contribution < 1.29 is 9.15 Å². The Morgan fingerprint density at radius 2 is 0.966 bits per heavy atom. The third kappa shape index (κ3) is 4.95. The van der Waals surface area contributed by atoms with Gasteiger partial charge in [0.2, 0.25) is 0 Å². The molecule has 0 radical (unpaired) electrons. The van der Waals surface area contributed by atoms with Crippen LogP contribution in [0.4, 0.5) is 0 Å². The summed E-state index contributed by atoms with van der Waals surface area (Å²) in [6.45, 7) is -0.102. The molecule has 0 N–H and O–H groups in total. The SMILES string of the molecule is c1ccc(-c2ccc(-c3cccc4c3oc3ccc(-n5c6ccccc6c6ccccc65)cc34)c(-c3ccccc3)c2B2c3ccccc3Oc3ccccc32)cc1. The van der Waals surface area contributed by atoms with Crippen LogP contribution in [0.3, 0.4) is 0 Å². The molecule has 3 nitrogen and oxygen atoms in total. The molecule has 12 rings (SSSR count). The Balaban J connectivity index is 1.15. The van der Waals surface area contributed by atoms with Gasteiger partial charge < -0.3 is 13.7 Å². The summed E-state index contributed by atoms with van der Waals surface area (Å²) in [6.07, 6.45) is 0. The summed E-state index contributed by atoms with van der Waals surface area (Å²) in [5.74, 6) is 1.76. The number of ether oxygens (including phenoxy) is 1. The zero-order chi connectivity index (χ0) is 38.2. The van der Waals surface area contributed by atoms with E-state index in [1.165, 1.54) is 44.0 Å². The Morgan fingerprint density at radius 1 is 0.397 bits per heavy atom. The van der Waals surface area contributed by atoms with E-state index in [9.17, 15) is 0 Å². The first-order chi connectivity index (χ1) is 28.8. The summed E-state index contributed by atoms with van der Waals surface area (Å²) in [5.41, 5.74) is 15.6. The van der Waals surface area contributed by atoms with Crippen molar-refractivity contribution in [2.24, 2.45) is 0 Å². The van der Waals surface area contributed by atoms with E-state index in [4.69, 9.17) is 9.15 Å². The molecular weight excluding hydrogens is 705 g/mol. The molecule has 0 amide bonds. The predicted molar refractivity (Wildman–Crippen MR) is 242 cm³/mol. The normalized spacial score (nSPS) is 12.2. The van der Waals surface area contributed by atoms with Gasteiger partial charge in [-0.05, 0) is 81.2 Å². The molecule has 11 aromatic rings. The average Bonchev–Trinajstić information content (AvgIpc) is 3.84. The quantitative estimate of drug-likeness (QED) is 0.164. The fourth-order valence-electron chi connectivity index (χ4n) is 9.49. The summed E-state index contributed by atoms with van der Waals surface area (Å²) >= 11 is 0. The van der Waals surface area contributed by atoms with Crippen molar-refractivity contribution in [2.75, 3.05) is 0 Å². The molecule has 270 valence electrons. The van der Waals surface area contributed by atoms with Gasteiger partial charge in [-0.25, -0.2) is 0 Å². The summed E-state index contributed by atoms with van der Waals surface area (Å²) in [4.78, 5) is 0. The highest BCUT2D eigenvalue weighted by Gasteiger charge is 2.36. The number of fused-ring (bicyclic) bond motifs is 8. The second kappa shape index (κ2) is 13.0. The van der Waals surface area contributed by atoms with Gasteiger partial charge in [-0.1, -0.05) is 169 Å². The fraction of sp³-hybridized carbons (Fsp3) is 0. The van der Waals surface area contributed by atoms with Crippen molar-refractivity contribution in [1.29, 1.82) is 0 Å². The molecule has 58 heavy (non-hydrogen) atoms. The fourth-order valence-corrected chi connectivity index (χ4v) is 9.49. The van der Waals surface area contributed by atoms with E-state index >= 15 is 0 Å². The van der Waals surface area contributed by atoms with Crippen molar-refractivity contribution in [3.05, 3.63) is 206 Å². The Labute approximate surface area is 336 Å². The van der Waals surface area contributed by atoms with Crippen molar-refractivity contribution >= 4 is 66.8 Å². The first kappa shape index (κ1) is 32.7. The van der Waals surface area contributed by atoms with Crippen LogP contribution in [0.25, 0.3) is 82.8 Å². The Kier molecular flexibility index (Phi) is 7.33. The maximum atomic E-state index is 6.96. The minimum Gasteiger partial charge on any atom is -0.458 e. The molecule has 9 aromatic carbocycles. The smallest absolute Gasteiger partial charge is 0.252 e. The van der Waals surface area contributed by atoms with E-state index in [1.54, 1.807) is 0 Å². The molecule has 2 aromatic heterocycles. The van der Waals surface area contributed by atoms with Gasteiger partial charge in [0.25, 0.3) is 6.71 Å². The molecule has 0 unspecified atom stereocenters. The van der Waals surface area contributed by atoms with Crippen molar-refractivity contribution in [3.63, 3.8) is 0 Å². The average molecular weight is 740 g/mol. The highest BCUT2D eigenvalue weighted by molar-refractivity contribution is 6.98. The molecule has 0 fully saturated rings. The van der Waals surface area contributed by atoms with E-state index in [0.29, 0.717) is 0 Å². The Morgan fingerprint density at radius 3 is 1.66 bits per heavy atom. The molecule has 0 saturated heterocycles. The van der Waals surface area contributed by atoms with Crippen molar-refractivity contribution in [2.45, 2.75) is 0 Å². The van der Waals surface area contributed by atoms with Gasteiger partial charge in [-0.15, -0.1) is 0 Å². The van der Waals surface area contributed by atoms with Gasteiger partial charge >= 0.3 is 0 Å². The van der Waals surface area contributed by atoms with Crippen LogP contribution in [-0.4, -0.2) is 11.3 Å². The monoisotopic (exact) mass is 739 g/mol. The molecule has 4 heteroatoms. The number of benzene rings is 9. The standard InChI is InChI=1S/C54H34BNO2/c1-3-16-35(17-4-1)38-31-32-41(52(36-18-5-2-6-19-36)53(38)55-45-24-9-13-28-50(45)57-51-29-14-10-25-46(51)55)42-22-15-23-43-44-34-37(30-33-49(44)58-54(42)43)56-47-26-11-7-20-39(47)40-21-8-12-27-48(40)56/h1-34H. The van der Waals surface area contributed by atoms with Crippen LogP contribution in [0.2, 0.25) is 0 Å². The maximum Gasteiger partial charge on any atom is 0.252 e. The summed E-state index contributed by atoms with van der Waals surface area (Å²) in [6, 6.07) is 73.8. The number of hydrogen-bond donors (Lipinski definition) is 0. The predicted octanol–water partition coefficient (Wildman–Crippen LogP) is 12.3. The molecule has 0 aliphatic carbocycles. The molecule has 0 bridgehead atoms. The van der Waals surface area contributed by atoms with Gasteiger partial charge in [-0.3, -0.25) is 0 Å². The van der Waals surface area contributed by atoms with Gasteiger partial charge in [0.05, 0.1) is 11.0 Å². The Hall–Kier alpha value is -7.56. The van der Waals surface area contributed by atoms with Crippen LogP contribution in [0, 0.1) is 0 Å². The molecule has 1 aliphatic heterocycles. The molecule has 1 aliphatic rings. The second-order valence-electron chi connectivity index (χ2n) is 15.1. The lowest BCUT2D eigenvalue weighted by molar-refractivity contribution is 0.487. The van der Waals surface area contributed by atoms with Crippen molar-refractivity contribution in [3.8, 4) is 50.6 Å². The van der Waals surface area contributed by atoms with E-state index in [1.807, 2.05) is 0 Å².